The number of hydroxylamine groups is 1. The topological polar surface area (TPSA) is 122 Å². The van der Waals surface area contributed by atoms with Crippen LogP contribution < -0.4 is 5.48 Å². The molecular formula is C40H60N2O9. The third-order valence-electron chi connectivity index (χ3n) is 8.71. The van der Waals surface area contributed by atoms with Crippen molar-refractivity contribution in [2.45, 2.75) is 77.6 Å². The zero-order chi connectivity index (χ0) is 36.2. The van der Waals surface area contributed by atoms with Crippen LogP contribution in [0.15, 0.2) is 54.6 Å². The quantitative estimate of drug-likeness (QED) is 0.0976. The third kappa shape index (κ3) is 20.3. The predicted octanol–water partition coefficient (Wildman–Crippen LogP) is 5.27. The van der Waals surface area contributed by atoms with Gasteiger partial charge in [-0.15, -0.1) is 0 Å². The first-order valence-corrected chi connectivity index (χ1v) is 18.8. The number of hydrogen-bond acceptors (Lipinski definition) is 9. The Morgan fingerprint density at radius 3 is 1.78 bits per heavy atom. The van der Waals surface area contributed by atoms with Crippen molar-refractivity contribution in [3.63, 3.8) is 0 Å². The number of carbonyl (C=O) groups excluding carboxylic acids is 3. The Labute approximate surface area is 304 Å². The van der Waals surface area contributed by atoms with Crippen molar-refractivity contribution in [1.29, 1.82) is 0 Å². The van der Waals surface area contributed by atoms with Gasteiger partial charge in [-0.25, -0.2) is 4.79 Å². The van der Waals surface area contributed by atoms with E-state index >= 15 is 0 Å². The van der Waals surface area contributed by atoms with Crippen LogP contribution in [0.5, 0.6) is 0 Å². The zero-order valence-electron chi connectivity index (χ0n) is 30.7. The lowest BCUT2D eigenvalue weighted by Crippen LogP contribution is -2.40. The lowest BCUT2D eigenvalue weighted by Gasteiger charge is -2.32. The largest absolute Gasteiger partial charge is 0.379 e. The minimum Gasteiger partial charge on any atom is -0.379 e. The molecule has 1 saturated heterocycles. The maximum atomic E-state index is 12.5. The van der Waals surface area contributed by atoms with Crippen LogP contribution in [0.4, 0.5) is 0 Å². The van der Waals surface area contributed by atoms with Crippen LogP contribution in [-0.4, -0.2) is 102 Å². The summed E-state index contributed by atoms with van der Waals surface area (Å²) in [5.41, 5.74) is 5.79. The second kappa shape index (κ2) is 27.3. The summed E-state index contributed by atoms with van der Waals surface area (Å²) < 4.78 is 27.2. The van der Waals surface area contributed by atoms with Gasteiger partial charge in [0.25, 0.3) is 5.91 Å². The molecule has 0 radical (unpaired) electrons. The van der Waals surface area contributed by atoms with Crippen LogP contribution in [-0.2, 0) is 62.2 Å². The Morgan fingerprint density at radius 1 is 0.667 bits per heavy atom. The molecule has 11 heteroatoms. The first-order valence-electron chi connectivity index (χ1n) is 18.8. The lowest BCUT2D eigenvalue weighted by molar-refractivity contribution is -0.158. The van der Waals surface area contributed by atoms with Gasteiger partial charge in [0.1, 0.15) is 6.61 Å². The van der Waals surface area contributed by atoms with Crippen molar-refractivity contribution in [3.05, 3.63) is 71.3 Å². The highest BCUT2D eigenvalue weighted by molar-refractivity contribution is 5.80. The number of aryl methyl sites for hydroxylation is 2. The van der Waals surface area contributed by atoms with Gasteiger partial charge < -0.3 is 33.4 Å². The number of nitrogens with zero attached hydrogens (tertiary/aromatic N) is 1. The molecule has 0 aliphatic carbocycles. The summed E-state index contributed by atoms with van der Waals surface area (Å²) in [6, 6.07) is 18.6. The molecule has 2 aromatic rings. The van der Waals surface area contributed by atoms with E-state index in [0.717, 1.165) is 63.5 Å². The Bertz CT molecular complexity index is 1200. The minimum atomic E-state index is -0.440. The van der Waals surface area contributed by atoms with E-state index in [4.69, 9.17) is 28.5 Å². The average molecular weight is 713 g/mol. The molecule has 0 aromatic heterocycles. The van der Waals surface area contributed by atoms with Crippen molar-refractivity contribution in [2.24, 2.45) is 5.92 Å². The molecule has 51 heavy (non-hydrogen) atoms. The SMILES string of the molecule is CCCOCCOCCOCCOCCOCC(=O)N1CCC(CCCC(=O)ONC(=O)Cc2ccc(CCCCc3ccccc3)cc2)CC1. The van der Waals surface area contributed by atoms with Crippen LogP contribution >= 0.6 is 0 Å². The number of amides is 2. The Balaban J connectivity index is 1.11. The van der Waals surface area contributed by atoms with E-state index in [-0.39, 0.29) is 31.3 Å². The van der Waals surface area contributed by atoms with Crippen molar-refractivity contribution in [3.8, 4) is 0 Å². The van der Waals surface area contributed by atoms with Crippen LogP contribution in [0, 0.1) is 5.92 Å². The lowest BCUT2D eigenvalue weighted by atomic mass is 9.91. The summed E-state index contributed by atoms with van der Waals surface area (Å²) in [4.78, 5) is 43.9. The zero-order valence-corrected chi connectivity index (χ0v) is 30.7. The summed E-state index contributed by atoms with van der Waals surface area (Å²) in [5.74, 6) is -0.350. The molecule has 1 aliphatic heterocycles. The summed E-state index contributed by atoms with van der Waals surface area (Å²) in [6.45, 7) is 8.17. The first kappa shape index (κ1) is 42.1. The highest BCUT2D eigenvalue weighted by atomic mass is 16.7. The number of nitrogens with one attached hydrogen (secondary N) is 1. The number of likely N-dealkylation sites (tertiary alicyclic amines) is 1. The molecule has 1 aliphatic rings. The van der Waals surface area contributed by atoms with Crippen molar-refractivity contribution >= 4 is 17.8 Å². The molecule has 0 spiro atoms. The number of ether oxygens (including phenoxy) is 5. The minimum absolute atomic E-state index is 0.0123. The highest BCUT2D eigenvalue weighted by Gasteiger charge is 2.23. The Kier molecular flexibility index (Phi) is 22.5. The molecule has 0 bridgehead atoms. The summed E-state index contributed by atoms with van der Waals surface area (Å²) >= 11 is 0. The van der Waals surface area contributed by atoms with Crippen LogP contribution in [0.2, 0.25) is 0 Å². The van der Waals surface area contributed by atoms with Crippen molar-refractivity contribution in [1.82, 2.24) is 10.4 Å². The van der Waals surface area contributed by atoms with E-state index in [1.54, 1.807) is 0 Å². The number of carbonyl (C=O) groups is 3. The van der Waals surface area contributed by atoms with Crippen molar-refractivity contribution in [2.75, 3.05) is 79.2 Å². The van der Waals surface area contributed by atoms with E-state index in [1.165, 1.54) is 11.1 Å². The molecule has 3 rings (SSSR count). The maximum absolute atomic E-state index is 12.5. The molecular weight excluding hydrogens is 652 g/mol. The number of rotatable bonds is 27. The van der Waals surface area contributed by atoms with Gasteiger partial charge >= 0.3 is 5.97 Å². The molecule has 0 saturated carbocycles. The predicted molar refractivity (Wildman–Crippen MR) is 195 cm³/mol. The van der Waals surface area contributed by atoms with E-state index < -0.39 is 5.97 Å². The molecule has 284 valence electrons. The fourth-order valence-corrected chi connectivity index (χ4v) is 5.79. The second-order valence-corrected chi connectivity index (χ2v) is 12.9. The molecule has 1 N–H and O–H groups in total. The van der Waals surface area contributed by atoms with Crippen LogP contribution in [0.1, 0.15) is 75.0 Å². The fourth-order valence-electron chi connectivity index (χ4n) is 5.79. The van der Waals surface area contributed by atoms with E-state index in [9.17, 15) is 14.4 Å². The van der Waals surface area contributed by atoms with Crippen molar-refractivity contribution < 1.29 is 42.9 Å². The van der Waals surface area contributed by atoms with Gasteiger partial charge in [0.2, 0.25) is 5.91 Å². The number of benzene rings is 2. The Hall–Kier alpha value is -3.35. The standard InChI is InChI=1S/C40H60N2O9/c1-2-23-46-24-25-47-26-27-48-28-29-49-30-31-50-33-39(44)42-21-19-36(20-22-42)13-8-14-40(45)51-41-38(43)32-37-17-15-35(16-18-37)12-7-6-11-34-9-4-3-5-10-34/h3-5,9-10,15-18,36H,2,6-8,11-14,19-33H2,1H3,(H,41,43). The van der Waals surface area contributed by atoms with Gasteiger partial charge in [-0.3, -0.25) is 9.59 Å². The smallest absolute Gasteiger partial charge is 0.332 e. The third-order valence-corrected chi connectivity index (χ3v) is 8.71. The summed E-state index contributed by atoms with van der Waals surface area (Å²) in [7, 11) is 0. The maximum Gasteiger partial charge on any atom is 0.332 e. The number of piperidine rings is 1. The summed E-state index contributed by atoms with van der Waals surface area (Å²) in [5, 5.41) is 0. The normalized spacial score (nSPS) is 13.3. The van der Waals surface area contributed by atoms with Crippen LogP contribution in [0.3, 0.4) is 0 Å². The molecule has 0 atom stereocenters. The Morgan fingerprint density at radius 2 is 1.20 bits per heavy atom. The second-order valence-electron chi connectivity index (χ2n) is 12.9. The molecule has 11 nitrogen and oxygen atoms in total. The van der Waals surface area contributed by atoms with Gasteiger partial charge in [0, 0.05) is 26.1 Å². The van der Waals surface area contributed by atoms with Crippen LogP contribution in [0.25, 0.3) is 0 Å². The molecule has 2 amide bonds. The van der Waals surface area contributed by atoms with Gasteiger partial charge in [-0.2, -0.15) is 5.48 Å². The van der Waals surface area contributed by atoms with E-state index in [2.05, 4.69) is 48.8 Å². The van der Waals surface area contributed by atoms with Gasteiger partial charge in [0.15, 0.2) is 0 Å². The van der Waals surface area contributed by atoms with Gasteiger partial charge in [-0.1, -0.05) is 61.5 Å². The molecule has 1 heterocycles. The van der Waals surface area contributed by atoms with Gasteiger partial charge in [-0.05, 0) is 80.4 Å². The van der Waals surface area contributed by atoms with E-state index in [1.807, 2.05) is 23.1 Å². The van der Waals surface area contributed by atoms with E-state index in [0.29, 0.717) is 78.3 Å². The number of hydrogen-bond donors (Lipinski definition) is 1. The fraction of sp³-hybridized carbons (Fsp3) is 0.625. The molecule has 2 aromatic carbocycles. The monoisotopic (exact) mass is 712 g/mol. The molecule has 0 unspecified atom stereocenters. The van der Waals surface area contributed by atoms with Gasteiger partial charge in [0.05, 0.1) is 59.3 Å². The summed E-state index contributed by atoms with van der Waals surface area (Å²) in [6.07, 6.45) is 9.08. The average Bonchev–Trinajstić information content (AvgIpc) is 3.15. The number of unbranched alkanes of at least 4 members (excludes halogenated alkanes) is 1. The molecule has 1 fully saturated rings. The first-order chi connectivity index (χ1) is 25.0. The highest BCUT2D eigenvalue weighted by Crippen LogP contribution is 2.23.